The first-order valence-electron chi connectivity index (χ1n) is 8.00. The van der Waals surface area contributed by atoms with Gasteiger partial charge in [0.1, 0.15) is 5.82 Å². The number of carbonyl (C=O) groups is 1. The number of nitrogens with one attached hydrogen (secondary N) is 1. The Morgan fingerprint density at radius 1 is 1.29 bits per heavy atom. The Balaban J connectivity index is 1.48. The van der Waals surface area contributed by atoms with E-state index in [1.165, 1.54) is 11.5 Å². The van der Waals surface area contributed by atoms with E-state index in [0.717, 1.165) is 43.6 Å². The van der Waals surface area contributed by atoms with Gasteiger partial charge in [-0.25, -0.2) is 4.98 Å². The quantitative estimate of drug-likeness (QED) is 0.882. The van der Waals surface area contributed by atoms with E-state index < -0.39 is 0 Å². The Morgan fingerprint density at radius 3 is 2.71 bits per heavy atom. The summed E-state index contributed by atoms with van der Waals surface area (Å²) in [6.45, 7) is 5.81. The Kier molecular flexibility index (Phi) is 5.65. The fourth-order valence-corrected chi connectivity index (χ4v) is 3.55. The van der Waals surface area contributed by atoms with Gasteiger partial charge in [0, 0.05) is 44.1 Å². The summed E-state index contributed by atoms with van der Waals surface area (Å²) in [5.41, 5.74) is 0.656. The molecular formula is C16H20ClN5OS. The zero-order valence-corrected chi connectivity index (χ0v) is 15.1. The lowest BCUT2D eigenvalue weighted by Gasteiger charge is -2.33. The second-order valence-corrected chi connectivity index (χ2v) is 6.78. The number of piperazine rings is 1. The first-order chi connectivity index (χ1) is 11.7. The second-order valence-electron chi connectivity index (χ2n) is 5.64. The molecule has 3 rings (SSSR count). The van der Waals surface area contributed by atoms with Crippen LogP contribution in [0, 0.1) is 0 Å². The van der Waals surface area contributed by atoms with Crippen LogP contribution < -0.4 is 10.2 Å². The van der Waals surface area contributed by atoms with Gasteiger partial charge in [-0.1, -0.05) is 30.7 Å². The highest BCUT2D eigenvalue weighted by molar-refractivity contribution is 7.09. The van der Waals surface area contributed by atoms with E-state index in [9.17, 15) is 4.79 Å². The highest BCUT2D eigenvalue weighted by Gasteiger charge is 2.21. The van der Waals surface area contributed by atoms with Crippen LogP contribution in [0.1, 0.15) is 12.7 Å². The van der Waals surface area contributed by atoms with Crippen molar-refractivity contribution in [2.24, 2.45) is 0 Å². The maximum atomic E-state index is 12.2. The van der Waals surface area contributed by atoms with Gasteiger partial charge >= 0.3 is 0 Å². The van der Waals surface area contributed by atoms with Gasteiger partial charge in [-0.15, -0.1) is 0 Å². The molecule has 0 bridgehead atoms. The molecule has 1 aliphatic heterocycles. The first kappa shape index (κ1) is 17.1. The third-order valence-electron chi connectivity index (χ3n) is 3.93. The zero-order chi connectivity index (χ0) is 16.9. The van der Waals surface area contributed by atoms with Crippen LogP contribution in [-0.2, 0) is 11.2 Å². The molecule has 0 aliphatic carbocycles. The predicted molar refractivity (Wildman–Crippen MR) is 98.0 cm³/mol. The molecule has 1 N–H and O–H groups in total. The molecule has 2 aromatic rings. The van der Waals surface area contributed by atoms with Gasteiger partial charge in [-0.05, 0) is 12.1 Å². The van der Waals surface area contributed by atoms with E-state index in [1.807, 2.05) is 12.1 Å². The number of benzene rings is 1. The molecule has 0 unspecified atom stereocenters. The van der Waals surface area contributed by atoms with Gasteiger partial charge < -0.3 is 10.2 Å². The van der Waals surface area contributed by atoms with Crippen molar-refractivity contribution in [2.75, 3.05) is 42.9 Å². The van der Waals surface area contributed by atoms with Crippen molar-refractivity contribution in [3.63, 3.8) is 0 Å². The number of aryl methyl sites for hydroxylation is 1. The molecule has 0 atom stereocenters. The number of halogens is 1. The van der Waals surface area contributed by atoms with Crippen LogP contribution in [0.5, 0.6) is 0 Å². The summed E-state index contributed by atoms with van der Waals surface area (Å²) in [6, 6.07) is 7.27. The molecule has 1 fully saturated rings. The summed E-state index contributed by atoms with van der Waals surface area (Å²) in [7, 11) is 0. The standard InChI is InChI=1S/C16H20ClN5OS/c1-2-14-19-16(24-20-14)22-9-7-21(8-10-22)11-15(23)18-13-6-4-3-5-12(13)17/h3-6H,2,7-11H2,1H3,(H,18,23). The van der Waals surface area contributed by atoms with Crippen LogP contribution in [0.25, 0.3) is 0 Å². The summed E-state index contributed by atoms with van der Waals surface area (Å²) in [5.74, 6) is 0.859. The zero-order valence-electron chi connectivity index (χ0n) is 13.5. The van der Waals surface area contributed by atoms with Crippen molar-refractivity contribution in [3.05, 3.63) is 35.1 Å². The Morgan fingerprint density at radius 2 is 2.04 bits per heavy atom. The number of aromatic nitrogens is 2. The van der Waals surface area contributed by atoms with Gasteiger partial charge in [0.15, 0.2) is 0 Å². The smallest absolute Gasteiger partial charge is 0.238 e. The monoisotopic (exact) mass is 365 g/mol. The molecule has 0 radical (unpaired) electrons. The van der Waals surface area contributed by atoms with E-state index in [2.05, 4.69) is 31.4 Å². The Hall–Kier alpha value is -1.70. The molecule has 24 heavy (non-hydrogen) atoms. The van der Waals surface area contributed by atoms with Crippen molar-refractivity contribution in [2.45, 2.75) is 13.3 Å². The fourth-order valence-electron chi connectivity index (χ4n) is 2.57. The van der Waals surface area contributed by atoms with Gasteiger partial charge in [0.2, 0.25) is 11.0 Å². The summed E-state index contributed by atoms with van der Waals surface area (Å²) >= 11 is 7.52. The Bertz CT molecular complexity index is 699. The Labute approximate surface area is 150 Å². The lowest BCUT2D eigenvalue weighted by atomic mass is 10.3. The first-order valence-corrected chi connectivity index (χ1v) is 9.15. The van der Waals surface area contributed by atoms with Gasteiger partial charge in [-0.2, -0.15) is 4.37 Å². The molecule has 8 heteroatoms. The number of hydrogen-bond acceptors (Lipinski definition) is 6. The number of amides is 1. The minimum absolute atomic E-state index is 0.0410. The largest absolute Gasteiger partial charge is 0.344 e. The number of anilines is 2. The maximum absolute atomic E-state index is 12.2. The lowest BCUT2D eigenvalue weighted by Crippen LogP contribution is -2.48. The number of nitrogens with zero attached hydrogens (tertiary/aromatic N) is 4. The molecular weight excluding hydrogens is 346 g/mol. The predicted octanol–water partition coefficient (Wildman–Crippen LogP) is 2.51. The number of rotatable bonds is 5. The molecule has 1 aromatic heterocycles. The van der Waals surface area contributed by atoms with Crippen LogP contribution >= 0.6 is 23.1 Å². The summed E-state index contributed by atoms with van der Waals surface area (Å²) in [4.78, 5) is 21.1. The SMILES string of the molecule is CCc1nsc(N2CCN(CC(=O)Nc3ccccc3Cl)CC2)n1. The molecule has 2 heterocycles. The summed E-state index contributed by atoms with van der Waals surface area (Å²) in [5, 5.41) is 4.40. The molecule has 0 saturated carbocycles. The average Bonchev–Trinajstić information content (AvgIpc) is 3.07. The average molecular weight is 366 g/mol. The molecule has 6 nitrogen and oxygen atoms in total. The molecule has 128 valence electrons. The van der Waals surface area contributed by atoms with E-state index in [0.29, 0.717) is 17.3 Å². The fraction of sp³-hybridized carbons (Fsp3) is 0.438. The molecule has 1 aliphatic rings. The van der Waals surface area contributed by atoms with Gasteiger partial charge in [0.25, 0.3) is 0 Å². The lowest BCUT2D eigenvalue weighted by molar-refractivity contribution is -0.117. The van der Waals surface area contributed by atoms with Crippen LogP contribution in [0.2, 0.25) is 5.02 Å². The number of para-hydroxylation sites is 1. The van der Waals surface area contributed by atoms with E-state index in [1.54, 1.807) is 12.1 Å². The minimum Gasteiger partial charge on any atom is -0.344 e. The van der Waals surface area contributed by atoms with E-state index in [-0.39, 0.29) is 5.91 Å². The molecule has 1 saturated heterocycles. The van der Waals surface area contributed by atoms with Crippen LogP contribution in [-0.4, -0.2) is 52.9 Å². The van der Waals surface area contributed by atoms with Gasteiger partial charge in [0.05, 0.1) is 17.3 Å². The third-order valence-corrected chi connectivity index (χ3v) is 5.08. The molecule has 1 aromatic carbocycles. The van der Waals surface area contributed by atoms with Crippen molar-refractivity contribution in [1.29, 1.82) is 0 Å². The van der Waals surface area contributed by atoms with Gasteiger partial charge in [-0.3, -0.25) is 9.69 Å². The number of hydrogen-bond donors (Lipinski definition) is 1. The highest BCUT2D eigenvalue weighted by atomic mass is 35.5. The second kappa shape index (κ2) is 7.92. The van der Waals surface area contributed by atoms with Crippen LogP contribution in [0.3, 0.4) is 0 Å². The van der Waals surface area contributed by atoms with Crippen LogP contribution in [0.4, 0.5) is 10.8 Å². The summed E-state index contributed by atoms with van der Waals surface area (Å²) < 4.78 is 4.33. The normalized spacial score (nSPS) is 15.5. The topological polar surface area (TPSA) is 61.4 Å². The summed E-state index contributed by atoms with van der Waals surface area (Å²) in [6.07, 6.45) is 0.860. The van der Waals surface area contributed by atoms with Crippen molar-refractivity contribution in [3.8, 4) is 0 Å². The van der Waals surface area contributed by atoms with Crippen LogP contribution in [0.15, 0.2) is 24.3 Å². The van der Waals surface area contributed by atoms with E-state index >= 15 is 0 Å². The number of carbonyl (C=O) groups excluding carboxylic acids is 1. The molecule has 0 spiro atoms. The van der Waals surface area contributed by atoms with Crippen molar-refractivity contribution < 1.29 is 4.79 Å². The van der Waals surface area contributed by atoms with Crippen molar-refractivity contribution in [1.82, 2.24) is 14.3 Å². The minimum atomic E-state index is -0.0410. The maximum Gasteiger partial charge on any atom is 0.238 e. The third kappa shape index (κ3) is 4.23. The molecule has 1 amide bonds. The highest BCUT2D eigenvalue weighted by Crippen LogP contribution is 2.21. The van der Waals surface area contributed by atoms with Crippen molar-refractivity contribution >= 4 is 39.9 Å². The van der Waals surface area contributed by atoms with E-state index in [4.69, 9.17) is 11.6 Å².